The first-order valence-corrected chi connectivity index (χ1v) is 11.0. The molecule has 174 valence electrons. The highest BCUT2D eigenvalue weighted by atomic mass is 16.6. The van der Waals surface area contributed by atoms with Gasteiger partial charge in [-0.1, -0.05) is 18.2 Å². The van der Waals surface area contributed by atoms with Gasteiger partial charge in [-0.15, -0.1) is 0 Å². The monoisotopic (exact) mass is 458 g/mol. The second-order valence-corrected chi connectivity index (χ2v) is 9.24. The SMILES string of the molecule is CC(=O)c1ccn2c3c(c(-c4ccccc4C#N)c2c1)CN(CCNC(=O)OC(C)(C)C)C3=O. The number of Topliss-reactive ketones (excluding diaryl/α,β-unsaturated/α-hetero) is 1. The van der Waals surface area contributed by atoms with Crippen molar-refractivity contribution in [2.75, 3.05) is 13.1 Å². The number of nitrogens with zero attached hydrogens (tertiary/aromatic N) is 3. The van der Waals surface area contributed by atoms with E-state index in [0.717, 1.165) is 11.1 Å². The molecule has 0 fully saturated rings. The number of benzene rings is 1. The number of fused-ring (bicyclic) bond motifs is 3. The Balaban J connectivity index is 1.71. The quantitative estimate of drug-likeness (QED) is 0.578. The average molecular weight is 459 g/mol. The molecule has 1 N–H and O–H groups in total. The van der Waals surface area contributed by atoms with Gasteiger partial charge in [0.05, 0.1) is 17.1 Å². The summed E-state index contributed by atoms with van der Waals surface area (Å²) >= 11 is 0. The molecule has 0 radical (unpaired) electrons. The van der Waals surface area contributed by atoms with Crippen LogP contribution in [0.3, 0.4) is 0 Å². The van der Waals surface area contributed by atoms with Crippen molar-refractivity contribution >= 4 is 23.3 Å². The zero-order chi connectivity index (χ0) is 24.6. The molecule has 2 aromatic heterocycles. The van der Waals surface area contributed by atoms with Crippen molar-refractivity contribution < 1.29 is 19.1 Å². The molecule has 1 aliphatic heterocycles. The molecule has 3 heterocycles. The van der Waals surface area contributed by atoms with E-state index < -0.39 is 11.7 Å². The molecule has 0 spiro atoms. The maximum atomic E-state index is 13.4. The Morgan fingerprint density at radius 3 is 2.62 bits per heavy atom. The van der Waals surface area contributed by atoms with E-state index in [1.165, 1.54) is 6.92 Å². The normalized spacial score (nSPS) is 13.0. The summed E-state index contributed by atoms with van der Waals surface area (Å²) in [7, 11) is 0. The molecule has 1 aromatic carbocycles. The second-order valence-electron chi connectivity index (χ2n) is 9.24. The van der Waals surface area contributed by atoms with Crippen molar-refractivity contribution in [1.29, 1.82) is 5.26 Å². The predicted octanol–water partition coefficient (Wildman–Crippen LogP) is 4.16. The molecule has 8 nitrogen and oxygen atoms in total. The van der Waals surface area contributed by atoms with Crippen molar-refractivity contribution in [3.8, 4) is 17.2 Å². The van der Waals surface area contributed by atoms with Crippen LogP contribution in [0.25, 0.3) is 16.6 Å². The molecular weight excluding hydrogens is 432 g/mol. The van der Waals surface area contributed by atoms with Gasteiger partial charge in [0.2, 0.25) is 0 Å². The van der Waals surface area contributed by atoms with Crippen LogP contribution in [0.2, 0.25) is 0 Å². The number of pyridine rings is 1. The minimum absolute atomic E-state index is 0.0791. The Morgan fingerprint density at radius 2 is 1.94 bits per heavy atom. The lowest BCUT2D eigenvalue weighted by atomic mass is 9.97. The van der Waals surface area contributed by atoms with Crippen LogP contribution in [0.1, 0.15) is 59.7 Å². The number of amides is 2. The minimum Gasteiger partial charge on any atom is -0.444 e. The molecule has 0 atom stereocenters. The molecule has 4 rings (SSSR count). The third kappa shape index (κ3) is 4.25. The van der Waals surface area contributed by atoms with Gasteiger partial charge in [-0.05, 0) is 45.9 Å². The number of hydrogen-bond acceptors (Lipinski definition) is 5. The second kappa shape index (κ2) is 8.67. The Labute approximate surface area is 197 Å². The molecule has 0 saturated heterocycles. The molecule has 34 heavy (non-hydrogen) atoms. The van der Waals surface area contributed by atoms with Crippen LogP contribution >= 0.6 is 0 Å². The van der Waals surface area contributed by atoms with Crippen LogP contribution in [-0.2, 0) is 11.3 Å². The summed E-state index contributed by atoms with van der Waals surface area (Å²) in [6.45, 7) is 7.73. The van der Waals surface area contributed by atoms with E-state index in [1.54, 1.807) is 60.5 Å². The predicted molar refractivity (Wildman–Crippen MR) is 127 cm³/mol. The minimum atomic E-state index is -0.604. The smallest absolute Gasteiger partial charge is 0.407 e. The van der Waals surface area contributed by atoms with Crippen LogP contribution in [0, 0.1) is 11.3 Å². The van der Waals surface area contributed by atoms with E-state index in [0.29, 0.717) is 41.0 Å². The van der Waals surface area contributed by atoms with Gasteiger partial charge in [-0.2, -0.15) is 5.26 Å². The average Bonchev–Trinajstić information content (AvgIpc) is 3.25. The van der Waals surface area contributed by atoms with Gasteiger partial charge in [-0.25, -0.2) is 4.79 Å². The Kier molecular flexibility index (Phi) is 5.88. The Bertz CT molecular complexity index is 1360. The lowest BCUT2D eigenvalue weighted by Crippen LogP contribution is -2.38. The first-order chi connectivity index (χ1) is 16.1. The van der Waals surface area contributed by atoms with Crippen molar-refractivity contribution in [2.24, 2.45) is 0 Å². The topological polar surface area (TPSA) is 104 Å². The fraction of sp³-hybridized carbons (Fsp3) is 0.308. The number of nitrogens with one attached hydrogen (secondary N) is 1. The van der Waals surface area contributed by atoms with Gasteiger partial charge in [0, 0.05) is 48.1 Å². The Morgan fingerprint density at radius 1 is 1.21 bits per heavy atom. The Hall–Kier alpha value is -4.12. The molecule has 0 aliphatic carbocycles. The van der Waals surface area contributed by atoms with Crippen LogP contribution in [-0.4, -0.2) is 45.8 Å². The van der Waals surface area contributed by atoms with E-state index in [9.17, 15) is 19.6 Å². The number of hydrogen-bond donors (Lipinski definition) is 1. The van der Waals surface area contributed by atoms with Gasteiger partial charge < -0.3 is 19.4 Å². The number of alkyl carbamates (subject to hydrolysis) is 1. The van der Waals surface area contributed by atoms with E-state index in [-0.39, 0.29) is 18.2 Å². The first-order valence-electron chi connectivity index (χ1n) is 11.0. The summed E-state index contributed by atoms with van der Waals surface area (Å²) in [5, 5.41) is 12.4. The van der Waals surface area contributed by atoms with Gasteiger partial charge >= 0.3 is 6.09 Å². The number of ether oxygens (including phenoxy) is 1. The molecule has 3 aromatic rings. The van der Waals surface area contributed by atoms with E-state index in [1.807, 2.05) is 12.1 Å². The van der Waals surface area contributed by atoms with Crippen LogP contribution < -0.4 is 5.32 Å². The van der Waals surface area contributed by atoms with Crippen LogP contribution in [0.4, 0.5) is 4.79 Å². The van der Waals surface area contributed by atoms with Gasteiger partial charge in [-0.3, -0.25) is 9.59 Å². The summed E-state index contributed by atoms with van der Waals surface area (Å²) in [5.41, 5.74) is 3.91. The molecule has 0 bridgehead atoms. The first kappa shape index (κ1) is 23.1. The van der Waals surface area contributed by atoms with Crippen LogP contribution in [0.15, 0.2) is 42.6 Å². The summed E-state index contributed by atoms with van der Waals surface area (Å²) in [6.07, 6.45) is 1.19. The highest BCUT2D eigenvalue weighted by Crippen LogP contribution is 2.39. The summed E-state index contributed by atoms with van der Waals surface area (Å²) in [6, 6.07) is 12.9. The highest BCUT2D eigenvalue weighted by molar-refractivity contribution is 6.05. The van der Waals surface area contributed by atoms with E-state index in [4.69, 9.17) is 4.74 Å². The molecule has 2 amide bonds. The molecule has 8 heteroatoms. The van der Waals surface area contributed by atoms with E-state index >= 15 is 0 Å². The largest absolute Gasteiger partial charge is 0.444 e. The number of ketones is 1. The van der Waals surface area contributed by atoms with Crippen molar-refractivity contribution in [1.82, 2.24) is 14.6 Å². The van der Waals surface area contributed by atoms with Gasteiger partial charge in [0.25, 0.3) is 5.91 Å². The maximum Gasteiger partial charge on any atom is 0.407 e. The number of carbonyl (C=O) groups excluding carboxylic acids is 3. The van der Waals surface area contributed by atoms with Crippen LogP contribution in [0.5, 0.6) is 0 Å². The van der Waals surface area contributed by atoms with E-state index in [2.05, 4.69) is 11.4 Å². The maximum absolute atomic E-state index is 13.4. The van der Waals surface area contributed by atoms with Gasteiger partial charge in [0.1, 0.15) is 11.3 Å². The number of nitriles is 1. The van der Waals surface area contributed by atoms with Crippen molar-refractivity contribution in [3.05, 3.63) is 65.0 Å². The molecule has 0 saturated carbocycles. The molecule has 1 aliphatic rings. The standard InChI is InChI=1S/C26H26N4O4/c1-16(31)17-9-11-30-21(13-17)22(19-8-6-5-7-18(19)14-27)20-15-29(24(32)23(20)30)12-10-28-25(33)34-26(2,3)4/h5-9,11,13H,10,12,15H2,1-4H3,(H,28,33). The number of carbonyl (C=O) groups is 3. The third-order valence-corrected chi connectivity index (χ3v) is 5.65. The summed E-state index contributed by atoms with van der Waals surface area (Å²) < 4.78 is 7.04. The lowest BCUT2D eigenvalue weighted by molar-refractivity contribution is 0.0514. The molecular formula is C26H26N4O4. The third-order valence-electron chi connectivity index (χ3n) is 5.65. The highest BCUT2D eigenvalue weighted by Gasteiger charge is 2.35. The zero-order valence-corrected chi connectivity index (χ0v) is 19.6. The van der Waals surface area contributed by atoms with Crippen molar-refractivity contribution in [2.45, 2.75) is 39.8 Å². The number of aromatic nitrogens is 1. The summed E-state index contributed by atoms with van der Waals surface area (Å²) in [4.78, 5) is 39.0. The summed E-state index contributed by atoms with van der Waals surface area (Å²) in [5.74, 6) is -0.253. The zero-order valence-electron chi connectivity index (χ0n) is 19.6. The van der Waals surface area contributed by atoms with Crippen molar-refractivity contribution in [3.63, 3.8) is 0 Å². The fourth-order valence-corrected chi connectivity index (χ4v) is 4.21. The molecule has 0 unspecified atom stereocenters. The van der Waals surface area contributed by atoms with Gasteiger partial charge in [0.15, 0.2) is 5.78 Å². The lowest BCUT2D eigenvalue weighted by Gasteiger charge is -2.21. The number of rotatable bonds is 5. The fourth-order valence-electron chi connectivity index (χ4n) is 4.21.